The lowest BCUT2D eigenvalue weighted by atomic mass is 9.81. The Morgan fingerprint density at radius 1 is 1.19 bits per heavy atom. The molecule has 2 aromatic rings. The molecule has 6 nitrogen and oxygen atoms in total. The fraction of sp³-hybridized carbons (Fsp3) is 0.476. The van der Waals surface area contributed by atoms with Crippen LogP contribution >= 0.6 is 0 Å². The van der Waals surface area contributed by atoms with Crippen molar-refractivity contribution in [3.05, 3.63) is 54.0 Å². The number of piperidine rings is 1. The van der Waals surface area contributed by atoms with E-state index in [-0.39, 0.29) is 5.54 Å². The Balaban J connectivity index is 1.45. The van der Waals surface area contributed by atoms with E-state index in [1.54, 1.807) is 6.07 Å². The van der Waals surface area contributed by atoms with Crippen LogP contribution in [-0.2, 0) is 4.74 Å². The predicted octanol–water partition coefficient (Wildman–Crippen LogP) is 2.72. The molecule has 6 heteroatoms. The van der Waals surface area contributed by atoms with Crippen LogP contribution in [0.5, 0.6) is 0 Å². The number of anilines is 1. The summed E-state index contributed by atoms with van der Waals surface area (Å²) in [7, 11) is 3.63. The van der Waals surface area contributed by atoms with Crippen LogP contribution in [0.2, 0.25) is 0 Å². The number of likely N-dealkylation sites (N-methyl/N-ethyl adjacent to an activating group) is 1. The second-order valence-corrected chi connectivity index (χ2v) is 7.66. The van der Waals surface area contributed by atoms with Crippen molar-refractivity contribution in [1.82, 2.24) is 14.9 Å². The number of benzene rings is 1. The van der Waals surface area contributed by atoms with Gasteiger partial charge >= 0.3 is 5.97 Å². The minimum Gasteiger partial charge on any atom is -0.464 e. The van der Waals surface area contributed by atoms with E-state index in [2.05, 4.69) is 57.1 Å². The molecule has 2 fully saturated rings. The van der Waals surface area contributed by atoms with Crippen molar-refractivity contribution in [2.75, 3.05) is 38.7 Å². The zero-order valence-corrected chi connectivity index (χ0v) is 16.0. The third-order valence-electron chi connectivity index (χ3n) is 6.27. The van der Waals surface area contributed by atoms with E-state index in [0.717, 1.165) is 38.3 Å². The summed E-state index contributed by atoms with van der Waals surface area (Å²) in [5.74, 6) is 0.988. The van der Waals surface area contributed by atoms with Gasteiger partial charge in [0.1, 0.15) is 12.1 Å². The van der Waals surface area contributed by atoms with Crippen LogP contribution in [-0.4, -0.2) is 60.2 Å². The van der Waals surface area contributed by atoms with Gasteiger partial charge in [-0.1, -0.05) is 30.3 Å². The second kappa shape index (κ2) is 7.27. The Bertz CT molecular complexity index is 803. The first-order valence-electron chi connectivity index (χ1n) is 9.53. The maximum absolute atomic E-state index is 11.7. The summed E-state index contributed by atoms with van der Waals surface area (Å²) >= 11 is 0. The minimum absolute atomic E-state index is 0.259. The van der Waals surface area contributed by atoms with Gasteiger partial charge in [-0.2, -0.15) is 0 Å². The van der Waals surface area contributed by atoms with Crippen molar-refractivity contribution < 1.29 is 9.53 Å². The molecule has 0 N–H and O–H groups in total. The number of carbonyl (C=O) groups excluding carboxylic acids is 1. The van der Waals surface area contributed by atoms with E-state index in [4.69, 9.17) is 4.74 Å². The highest BCUT2D eigenvalue weighted by atomic mass is 16.5. The topological polar surface area (TPSA) is 58.6 Å². The van der Waals surface area contributed by atoms with Gasteiger partial charge in [0, 0.05) is 31.2 Å². The van der Waals surface area contributed by atoms with Crippen molar-refractivity contribution in [2.45, 2.75) is 30.7 Å². The number of esters is 1. The van der Waals surface area contributed by atoms with Gasteiger partial charge in [-0.25, -0.2) is 14.8 Å². The normalized spacial score (nSPS) is 22.1. The number of ether oxygens (including phenoxy) is 1. The molecule has 2 saturated heterocycles. The van der Waals surface area contributed by atoms with E-state index < -0.39 is 5.97 Å². The maximum atomic E-state index is 11.7. The molecule has 0 amide bonds. The van der Waals surface area contributed by atoms with Gasteiger partial charge in [0.05, 0.1) is 7.11 Å². The second-order valence-electron chi connectivity index (χ2n) is 7.66. The van der Waals surface area contributed by atoms with Crippen LogP contribution in [0, 0.1) is 0 Å². The first kappa shape index (κ1) is 17.9. The summed E-state index contributed by atoms with van der Waals surface area (Å²) in [4.78, 5) is 24.9. The monoisotopic (exact) mass is 366 g/mol. The largest absolute Gasteiger partial charge is 0.464 e. The Morgan fingerprint density at radius 2 is 1.93 bits per heavy atom. The van der Waals surface area contributed by atoms with Gasteiger partial charge in [-0.05, 0) is 37.8 Å². The Morgan fingerprint density at radius 3 is 2.63 bits per heavy atom. The fourth-order valence-electron chi connectivity index (χ4n) is 4.63. The molecule has 0 aliphatic carbocycles. The zero-order valence-electron chi connectivity index (χ0n) is 16.0. The van der Waals surface area contributed by atoms with Gasteiger partial charge in [-0.3, -0.25) is 4.90 Å². The summed E-state index contributed by atoms with van der Waals surface area (Å²) in [5, 5.41) is 0. The van der Waals surface area contributed by atoms with Crippen molar-refractivity contribution in [3.63, 3.8) is 0 Å². The third kappa shape index (κ3) is 3.41. The minimum atomic E-state index is -0.423. The molecule has 0 saturated carbocycles. The number of hydrogen-bond acceptors (Lipinski definition) is 6. The Hall–Kier alpha value is -2.47. The Kier molecular flexibility index (Phi) is 4.83. The van der Waals surface area contributed by atoms with Crippen molar-refractivity contribution >= 4 is 11.8 Å². The summed E-state index contributed by atoms with van der Waals surface area (Å²) in [6.07, 6.45) is 4.85. The van der Waals surface area contributed by atoms with Crippen LogP contribution in [0.3, 0.4) is 0 Å². The molecular formula is C21H26N4O2. The molecule has 1 unspecified atom stereocenters. The van der Waals surface area contributed by atoms with Crippen LogP contribution < -0.4 is 4.90 Å². The first-order valence-corrected chi connectivity index (χ1v) is 9.53. The van der Waals surface area contributed by atoms with Crippen LogP contribution in [0.4, 0.5) is 5.82 Å². The molecule has 2 aliphatic rings. The number of methoxy groups -OCH3 is 1. The fourth-order valence-corrected chi connectivity index (χ4v) is 4.63. The molecule has 1 aromatic heterocycles. The summed E-state index contributed by atoms with van der Waals surface area (Å²) in [6, 6.07) is 12.6. The van der Waals surface area contributed by atoms with Crippen molar-refractivity contribution in [3.8, 4) is 0 Å². The average Bonchev–Trinajstić information content (AvgIpc) is 3.04. The molecule has 1 spiro atoms. The molecule has 1 aromatic carbocycles. The highest BCUT2D eigenvalue weighted by molar-refractivity contribution is 5.87. The number of likely N-dealkylation sites (tertiary alicyclic amines) is 1. The van der Waals surface area contributed by atoms with E-state index in [0.29, 0.717) is 11.6 Å². The van der Waals surface area contributed by atoms with Gasteiger partial charge in [0.15, 0.2) is 5.69 Å². The van der Waals surface area contributed by atoms with E-state index >= 15 is 0 Å². The number of aromatic nitrogens is 2. The van der Waals surface area contributed by atoms with Crippen LogP contribution in [0.1, 0.15) is 41.2 Å². The standard InChI is InChI=1S/C21H26N4O2/c1-24-14-17(16-6-4-3-5-7-16)13-21(24)8-10-25(11-9-21)19-12-18(20(26)27-2)22-15-23-19/h3-7,12,15,17H,8-11,13-14H2,1-2H3. The quantitative estimate of drug-likeness (QED) is 0.779. The lowest BCUT2D eigenvalue weighted by molar-refractivity contribution is 0.0593. The van der Waals surface area contributed by atoms with Crippen molar-refractivity contribution in [2.24, 2.45) is 0 Å². The molecule has 0 radical (unpaired) electrons. The smallest absolute Gasteiger partial charge is 0.356 e. The van der Waals surface area contributed by atoms with E-state index in [1.807, 2.05) is 0 Å². The van der Waals surface area contributed by atoms with Crippen LogP contribution in [0.25, 0.3) is 0 Å². The zero-order chi connectivity index (χ0) is 18.9. The van der Waals surface area contributed by atoms with Crippen LogP contribution in [0.15, 0.2) is 42.7 Å². The molecule has 27 heavy (non-hydrogen) atoms. The molecule has 2 aliphatic heterocycles. The van der Waals surface area contributed by atoms with Crippen molar-refractivity contribution in [1.29, 1.82) is 0 Å². The maximum Gasteiger partial charge on any atom is 0.356 e. The predicted molar refractivity (Wildman–Crippen MR) is 104 cm³/mol. The highest BCUT2D eigenvalue weighted by Gasteiger charge is 2.45. The average molecular weight is 366 g/mol. The van der Waals surface area contributed by atoms with Gasteiger partial charge in [0.25, 0.3) is 0 Å². The lowest BCUT2D eigenvalue weighted by Crippen LogP contribution is -2.50. The summed E-state index contributed by atoms with van der Waals surface area (Å²) in [5.41, 5.74) is 2.02. The van der Waals surface area contributed by atoms with E-state index in [1.165, 1.54) is 25.4 Å². The number of nitrogens with zero attached hydrogens (tertiary/aromatic N) is 4. The number of rotatable bonds is 3. The van der Waals surface area contributed by atoms with Gasteiger partial charge < -0.3 is 9.64 Å². The Labute approximate surface area is 160 Å². The lowest BCUT2D eigenvalue weighted by Gasteiger charge is -2.44. The molecule has 142 valence electrons. The number of carbonyl (C=O) groups is 1. The molecule has 0 bridgehead atoms. The SMILES string of the molecule is COC(=O)c1cc(N2CCC3(CC2)CC(c2ccccc2)CN3C)ncn1. The summed E-state index contributed by atoms with van der Waals surface area (Å²) < 4.78 is 4.77. The molecule has 3 heterocycles. The first-order chi connectivity index (χ1) is 13.1. The molecule has 4 rings (SSSR count). The molecular weight excluding hydrogens is 340 g/mol. The third-order valence-corrected chi connectivity index (χ3v) is 6.27. The highest BCUT2D eigenvalue weighted by Crippen LogP contribution is 2.44. The summed E-state index contributed by atoms with van der Waals surface area (Å²) in [6.45, 7) is 2.98. The van der Waals surface area contributed by atoms with E-state index in [9.17, 15) is 4.79 Å². The molecule has 1 atom stereocenters. The number of hydrogen-bond donors (Lipinski definition) is 0. The van der Waals surface area contributed by atoms with Gasteiger partial charge in [-0.15, -0.1) is 0 Å². The van der Waals surface area contributed by atoms with Gasteiger partial charge in [0.2, 0.25) is 0 Å².